The first kappa shape index (κ1) is 9.64. The van der Waals surface area contributed by atoms with Crippen molar-refractivity contribution in [2.45, 2.75) is 0 Å². The van der Waals surface area contributed by atoms with Crippen LogP contribution in [0, 0.1) is 11.6 Å². The molecule has 0 saturated heterocycles. The van der Waals surface area contributed by atoms with Gasteiger partial charge in [-0.1, -0.05) is 0 Å². The van der Waals surface area contributed by atoms with Gasteiger partial charge < -0.3 is 10.5 Å². The lowest BCUT2D eigenvalue weighted by molar-refractivity contribution is 0.390. The number of nitrogens with two attached hydrogens (primary N) is 1. The Bertz CT molecular complexity index is 528. The molecule has 0 aliphatic rings. The summed E-state index contributed by atoms with van der Waals surface area (Å²) in [6.07, 6.45) is 1.36. The summed E-state index contributed by atoms with van der Waals surface area (Å²) in [5.41, 5.74) is 5.55. The Balaban J connectivity index is 2.98. The lowest BCUT2D eigenvalue weighted by Crippen LogP contribution is -1.98. The van der Waals surface area contributed by atoms with Crippen LogP contribution in [0.25, 0.3) is 10.8 Å². The van der Waals surface area contributed by atoms with Crippen LogP contribution in [0.2, 0.25) is 0 Å². The number of hydrogen-bond donors (Lipinski definition) is 1. The third-order valence-corrected chi connectivity index (χ3v) is 2.14. The van der Waals surface area contributed by atoms with E-state index in [0.29, 0.717) is 0 Å². The Hall–Kier alpha value is -1.91. The van der Waals surface area contributed by atoms with E-state index >= 15 is 0 Å². The van der Waals surface area contributed by atoms with Gasteiger partial charge in [-0.25, -0.2) is 13.8 Å². The number of pyridine rings is 1. The number of aromatic nitrogens is 1. The molecule has 78 valence electrons. The molecule has 0 aliphatic carbocycles. The van der Waals surface area contributed by atoms with Gasteiger partial charge in [0.15, 0.2) is 11.6 Å². The van der Waals surface area contributed by atoms with Gasteiger partial charge in [0, 0.05) is 17.6 Å². The molecule has 0 unspecified atom stereocenters. The van der Waals surface area contributed by atoms with Gasteiger partial charge in [0.05, 0.1) is 12.5 Å². The molecule has 1 heterocycles. The van der Waals surface area contributed by atoms with Gasteiger partial charge in [0.2, 0.25) is 0 Å². The topological polar surface area (TPSA) is 48.1 Å². The molecule has 0 saturated carbocycles. The van der Waals surface area contributed by atoms with E-state index in [1.807, 2.05) is 0 Å². The first-order chi connectivity index (χ1) is 7.15. The van der Waals surface area contributed by atoms with E-state index in [2.05, 4.69) is 4.98 Å². The van der Waals surface area contributed by atoms with E-state index in [0.717, 1.165) is 6.07 Å². The van der Waals surface area contributed by atoms with Crippen molar-refractivity contribution in [3.8, 4) is 5.75 Å². The quantitative estimate of drug-likeness (QED) is 0.784. The second kappa shape index (κ2) is 3.34. The monoisotopic (exact) mass is 210 g/mol. The number of nitrogen functional groups attached to an aromatic ring is 1. The molecule has 15 heavy (non-hydrogen) atoms. The number of hydrogen-bond acceptors (Lipinski definition) is 3. The summed E-state index contributed by atoms with van der Waals surface area (Å²) in [7, 11) is 1.29. The van der Waals surface area contributed by atoms with E-state index in [1.54, 1.807) is 0 Å². The van der Waals surface area contributed by atoms with Crippen molar-refractivity contribution >= 4 is 16.6 Å². The van der Waals surface area contributed by atoms with E-state index in [1.165, 1.54) is 19.4 Å². The predicted octanol–water partition coefficient (Wildman–Crippen LogP) is 2.10. The first-order valence-electron chi connectivity index (χ1n) is 4.21. The number of rotatable bonds is 1. The summed E-state index contributed by atoms with van der Waals surface area (Å²) < 4.78 is 31.5. The number of fused-ring (bicyclic) bond motifs is 1. The number of methoxy groups -OCH3 is 1. The fourth-order valence-corrected chi connectivity index (χ4v) is 1.49. The number of halogens is 2. The van der Waals surface area contributed by atoms with E-state index in [4.69, 9.17) is 10.5 Å². The zero-order chi connectivity index (χ0) is 11.0. The Morgan fingerprint density at radius 2 is 2.07 bits per heavy atom. The minimum atomic E-state index is -0.790. The van der Waals surface area contributed by atoms with E-state index in [-0.39, 0.29) is 22.3 Å². The maximum Gasteiger partial charge on any atom is 0.168 e. The Kier molecular flexibility index (Phi) is 2.15. The molecule has 2 aromatic rings. The standard InChI is InChI=1S/C10H8F2N2O/c1-15-9-7(12)4-6(11)5-2-3-14-10(13)8(5)9/h2-4H,1H3,(H2,13,14). The van der Waals surface area contributed by atoms with Crippen LogP contribution in [0.15, 0.2) is 18.3 Å². The fraction of sp³-hybridized carbons (Fsp3) is 0.100. The second-order valence-electron chi connectivity index (χ2n) is 2.99. The smallest absolute Gasteiger partial charge is 0.168 e. The van der Waals surface area contributed by atoms with Gasteiger partial charge in [-0.3, -0.25) is 0 Å². The third kappa shape index (κ3) is 1.36. The zero-order valence-corrected chi connectivity index (χ0v) is 7.92. The average Bonchev–Trinajstić information content (AvgIpc) is 2.20. The molecule has 2 N–H and O–H groups in total. The molecular weight excluding hydrogens is 202 g/mol. The SMILES string of the molecule is COc1c(F)cc(F)c2ccnc(N)c12. The normalized spacial score (nSPS) is 10.6. The summed E-state index contributed by atoms with van der Waals surface area (Å²) in [6.45, 7) is 0. The molecule has 0 fully saturated rings. The molecule has 0 radical (unpaired) electrons. The molecule has 5 heteroatoms. The Morgan fingerprint density at radius 3 is 2.73 bits per heavy atom. The van der Waals surface area contributed by atoms with Gasteiger partial charge in [-0.2, -0.15) is 0 Å². The highest BCUT2D eigenvalue weighted by atomic mass is 19.1. The number of ether oxygens (including phenoxy) is 1. The van der Waals surface area contributed by atoms with E-state index in [9.17, 15) is 8.78 Å². The van der Waals surface area contributed by atoms with Gasteiger partial charge in [0.25, 0.3) is 0 Å². The molecule has 0 amide bonds. The zero-order valence-electron chi connectivity index (χ0n) is 7.92. The molecule has 3 nitrogen and oxygen atoms in total. The van der Waals surface area contributed by atoms with E-state index < -0.39 is 11.6 Å². The summed E-state index contributed by atoms with van der Waals surface area (Å²) in [5.74, 6) is -1.51. The van der Waals surface area contributed by atoms with Crippen molar-refractivity contribution in [2.75, 3.05) is 12.8 Å². The first-order valence-corrected chi connectivity index (χ1v) is 4.21. The highest BCUT2D eigenvalue weighted by Crippen LogP contribution is 2.33. The van der Waals surface area contributed by atoms with Crippen molar-refractivity contribution < 1.29 is 13.5 Å². The number of benzene rings is 1. The van der Waals surface area contributed by atoms with Crippen molar-refractivity contribution in [1.29, 1.82) is 0 Å². The predicted molar refractivity (Wildman–Crippen MR) is 52.6 cm³/mol. The second-order valence-corrected chi connectivity index (χ2v) is 2.99. The maximum absolute atomic E-state index is 13.4. The molecule has 1 aromatic heterocycles. The summed E-state index contributed by atoms with van der Waals surface area (Å²) in [6, 6.07) is 2.18. The van der Waals surface area contributed by atoms with Gasteiger partial charge in [-0.05, 0) is 6.07 Å². The molecule has 0 bridgehead atoms. The van der Waals surface area contributed by atoms with Crippen LogP contribution in [-0.2, 0) is 0 Å². The molecule has 1 aromatic carbocycles. The highest BCUT2D eigenvalue weighted by molar-refractivity contribution is 5.96. The molecular formula is C10H8F2N2O. The Labute approximate surface area is 84.5 Å². The fourth-order valence-electron chi connectivity index (χ4n) is 1.49. The molecule has 0 spiro atoms. The molecule has 0 aliphatic heterocycles. The Morgan fingerprint density at radius 1 is 1.33 bits per heavy atom. The maximum atomic E-state index is 13.4. The van der Waals surface area contributed by atoms with Crippen molar-refractivity contribution in [3.05, 3.63) is 30.0 Å². The minimum absolute atomic E-state index is 0.0442. The van der Waals surface area contributed by atoms with Gasteiger partial charge in [0.1, 0.15) is 11.6 Å². The third-order valence-electron chi connectivity index (χ3n) is 2.14. The summed E-state index contributed by atoms with van der Waals surface area (Å²) in [5, 5.41) is 0.359. The van der Waals surface area contributed by atoms with Crippen molar-refractivity contribution in [2.24, 2.45) is 0 Å². The van der Waals surface area contributed by atoms with Crippen LogP contribution in [0.1, 0.15) is 0 Å². The number of nitrogens with zero attached hydrogens (tertiary/aromatic N) is 1. The summed E-state index contributed by atoms with van der Waals surface area (Å²) in [4.78, 5) is 3.76. The molecule has 2 rings (SSSR count). The van der Waals surface area contributed by atoms with Crippen LogP contribution in [-0.4, -0.2) is 12.1 Å². The van der Waals surface area contributed by atoms with Crippen molar-refractivity contribution in [3.63, 3.8) is 0 Å². The minimum Gasteiger partial charge on any atom is -0.493 e. The van der Waals surface area contributed by atoms with Crippen LogP contribution >= 0.6 is 0 Å². The number of anilines is 1. The van der Waals surface area contributed by atoms with Crippen LogP contribution in [0.3, 0.4) is 0 Å². The van der Waals surface area contributed by atoms with Crippen molar-refractivity contribution in [1.82, 2.24) is 4.98 Å². The van der Waals surface area contributed by atoms with Gasteiger partial charge in [-0.15, -0.1) is 0 Å². The van der Waals surface area contributed by atoms with Crippen LogP contribution in [0.5, 0.6) is 5.75 Å². The van der Waals surface area contributed by atoms with Gasteiger partial charge >= 0.3 is 0 Å². The average molecular weight is 210 g/mol. The van der Waals surface area contributed by atoms with Crippen LogP contribution in [0.4, 0.5) is 14.6 Å². The lowest BCUT2D eigenvalue weighted by Gasteiger charge is -2.08. The lowest BCUT2D eigenvalue weighted by atomic mass is 10.1. The van der Waals surface area contributed by atoms with Crippen LogP contribution < -0.4 is 10.5 Å². The highest BCUT2D eigenvalue weighted by Gasteiger charge is 2.15. The molecule has 0 atom stereocenters. The largest absolute Gasteiger partial charge is 0.493 e. The summed E-state index contributed by atoms with van der Waals surface area (Å²) >= 11 is 0.